The Morgan fingerprint density at radius 2 is 2.12 bits per heavy atom. The Hall–Kier alpha value is -0.900. The normalized spacial score (nSPS) is 13.1. The second-order valence-electron chi connectivity index (χ2n) is 3.93. The maximum absolute atomic E-state index is 5.69. The molecule has 88 valence electrons. The lowest BCUT2D eigenvalue weighted by Crippen LogP contribution is -2.09. The van der Waals surface area contributed by atoms with Crippen LogP contribution in [-0.4, -0.2) is 6.04 Å². The summed E-state index contributed by atoms with van der Waals surface area (Å²) in [4.78, 5) is 2.51. The second-order valence-corrected chi connectivity index (χ2v) is 5.96. The molecule has 0 saturated carbocycles. The molecule has 0 radical (unpaired) electrons. The number of thiophene rings is 1. The van der Waals surface area contributed by atoms with E-state index in [0.29, 0.717) is 0 Å². The van der Waals surface area contributed by atoms with Gasteiger partial charge < -0.3 is 5.73 Å². The Kier molecular flexibility index (Phi) is 4.15. The number of benzene rings is 1. The van der Waals surface area contributed by atoms with Gasteiger partial charge in [0, 0.05) is 20.3 Å². The Balaban J connectivity index is 2.24. The zero-order valence-electron chi connectivity index (χ0n) is 9.56. The van der Waals surface area contributed by atoms with E-state index in [0.717, 1.165) is 4.47 Å². The van der Waals surface area contributed by atoms with Crippen LogP contribution in [0.25, 0.3) is 16.5 Å². The van der Waals surface area contributed by atoms with E-state index in [1.165, 1.54) is 15.3 Å². The molecule has 2 N–H and O–H groups in total. The minimum absolute atomic E-state index is 0.103. The van der Waals surface area contributed by atoms with Crippen molar-refractivity contribution in [2.24, 2.45) is 5.73 Å². The fraction of sp³-hybridized carbons (Fsp3) is 0.143. The minimum Gasteiger partial charge on any atom is -0.325 e. The van der Waals surface area contributed by atoms with Gasteiger partial charge in [-0.05, 0) is 42.8 Å². The number of rotatable bonds is 3. The molecule has 1 nitrogen and oxygen atoms in total. The van der Waals surface area contributed by atoms with E-state index < -0.39 is 0 Å². The van der Waals surface area contributed by atoms with Crippen molar-refractivity contribution in [1.29, 1.82) is 0 Å². The maximum Gasteiger partial charge on any atom is 0.0349 e. The quantitative estimate of drug-likeness (QED) is 0.885. The highest BCUT2D eigenvalue weighted by atomic mass is 79.9. The Morgan fingerprint density at radius 3 is 2.82 bits per heavy atom. The highest BCUT2D eigenvalue weighted by molar-refractivity contribution is 9.10. The third-order valence-corrected chi connectivity index (χ3v) is 3.89. The van der Waals surface area contributed by atoms with E-state index in [1.807, 2.05) is 19.1 Å². The van der Waals surface area contributed by atoms with Crippen molar-refractivity contribution in [1.82, 2.24) is 0 Å². The molecule has 0 saturated heterocycles. The van der Waals surface area contributed by atoms with E-state index in [9.17, 15) is 0 Å². The summed E-state index contributed by atoms with van der Waals surface area (Å²) >= 11 is 5.26. The summed E-state index contributed by atoms with van der Waals surface area (Å²) in [6.07, 6.45) is 4.09. The van der Waals surface area contributed by atoms with Crippen LogP contribution in [0.1, 0.15) is 11.8 Å². The third-order valence-electron chi connectivity index (χ3n) is 2.30. The van der Waals surface area contributed by atoms with Gasteiger partial charge in [0.15, 0.2) is 0 Å². The van der Waals surface area contributed by atoms with Crippen molar-refractivity contribution in [2.45, 2.75) is 13.0 Å². The smallest absolute Gasteiger partial charge is 0.0349 e. The van der Waals surface area contributed by atoms with Crippen molar-refractivity contribution in [3.63, 3.8) is 0 Å². The van der Waals surface area contributed by atoms with Gasteiger partial charge in [-0.25, -0.2) is 0 Å². The van der Waals surface area contributed by atoms with Gasteiger partial charge in [-0.2, -0.15) is 0 Å². The van der Waals surface area contributed by atoms with Crippen LogP contribution in [0.15, 0.2) is 46.9 Å². The van der Waals surface area contributed by atoms with Crippen molar-refractivity contribution >= 4 is 33.3 Å². The molecule has 0 spiro atoms. The molecule has 2 rings (SSSR count). The van der Waals surface area contributed by atoms with E-state index >= 15 is 0 Å². The monoisotopic (exact) mass is 307 g/mol. The largest absolute Gasteiger partial charge is 0.325 e. The van der Waals surface area contributed by atoms with Crippen LogP contribution in [-0.2, 0) is 0 Å². The average Bonchev–Trinajstić information content (AvgIpc) is 2.75. The van der Waals surface area contributed by atoms with Crippen LogP contribution in [0.5, 0.6) is 0 Å². The standard InChI is InChI=1S/C14H14BrNS/c1-10(16)5-6-13-7-8-14(17-13)11-3-2-4-12(15)9-11/h2-10H,16H2,1H3/b6-5+. The molecule has 1 heterocycles. The van der Waals surface area contributed by atoms with E-state index in [1.54, 1.807) is 11.3 Å². The molecule has 1 aromatic heterocycles. The van der Waals surface area contributed by atoms with Crippen LogP contribution in [0, 0.1) is 0 Å². The number of hydrogen-bond acceptors (Lipinski definition) is 2. The SMILES string of the molecule is CC(N)/C=C/c1ccc(-c2cccc(Br)c2)s1. The molecule has 3 heteroatoms. The predicted octanol–water partition coefficient (Wildman–Crippen LogP) is 4.54. The molecule has 0 aliphatic rings. The zero-order valence-corrected chi connectivity index (χ0v) is 12.0. The molecule has 0 fully saturated rings. The van der Waals surface area contributed by atoms with E-state index in [2.05, 4.69) is 52.3 Å². The minimum atomic E-state index is 0.103. The van der Waals surface area contributed by atoms with E-state index in [-0.39, 0.29) is 6.04 Å². The first-order chi connectivity index (χ1) is 8.15. The van der Waals surface area contributed by atoms with E-state index in [4.69, 9.17) is 5.73 Å². The molecule has 1 aromatic carbocycles. The molecular formula is C14H14BrNS. The van der Waals surface area contributed by atoms with Crippen LogP contribution in [0.3, 0.4) is 0 Å². The van der Waals surface area contributed by atoms with Crippen LogP contribution < -0.4 is 5.73 Å². The van der Waals surface area contributed by atoms with Crippen LogP contribution in [0.2, 0.25) is 0 Å². The second kappa shape index (κ2) is 5.63. The number of nitrogens with two attached hydrogens (primary N) is 1. The fourth-order valence-corrected chi connectivity index (χ4v) is 2.80. The van der Waals surface area contributed by atoms with Crippen molar-refractivity contribution in [3.8, 4) is 10.4 Å². The summed E-state index contributed by atoms with van der Waals surface area (Å²) in [6, 6.07) is 12.7. The maximum atomic E-state index is 5.69. The molecule has 0 bridgehead atoms. The summed E-state index contributed by atoms with van der Waals surface area (Å²) in [6.45, 7) is 1.97. The highest BCUT2D eigenvalue weighted by Crippen LogP contribution is 2.30. The molecule has 1 unspecified atom stereocenters. The lowest BCUT2D eigenvalue weighted by Gasteiger charge is -1.97. The first-order valence-electron chi connectivity index (χ1n) is 5.45. The van der Waals surface area contributed by atoms with Crippen molar-refractivity contribution in [3.05, 3.63) is 51.8 Å². The topological polar surface area (TPSA) is 26.0 Å². The molecule has 1 atom stereocenters. The van der Waals surface area contributed by atoms with Gasteiger partial charge in [0.1, 0.15) is 0 Å². The zero-order chi connectivity index (χ0) is 12.3. The van der Waals surface area contributed by atoms with Gasteiger partial charge >= 0.3 is 0 Å². The van der Waals surface area contributed by atoms with Gasteiger partial charge in [-0.1, -0.05) is 34.1 Å². The predicted molar refractivity (Wildman–Crippen MR) is 80.1 cm³/mol. The summed E-state index contributed by atoms with van der Waals surface area (Å²) in [5.41, 5.74) is 6.93. The summed E-state index contributed by atoms with van der Waals surface area (Å²) < 4.78 is 1.11. The third kappa shape index (κ3) is 3.53. The molecule has 17 heavy (non-hydrogen) atoms. The fourth-order valence-electron chi connectivity index (χ4n) is 1.49. The first-order valence-corrected chi connectivity index (χ1v) is 7.05. The van der Waals surface area contributed by atoms with Crippen molar-refractivity contribution in [2.75, 3.05) is 0 Å². The molecule has 0 aliphatic heterocycles. The summed E-state index contributed by atoms with van der Waals surface area (Å²) in [7, 11) is 0. The Labute approximate surface area is 114 Å². The lowest BCUT2D eigenvalue weighted by atomic mass is 10.2. The van der Waals surface area contributed by atoms with Gasteiger partial charge in [0.2, 0.25) is 0 Å². The highest BCUT2D eigenvalue weighted by Gasteiger charge is 2.01. The molecule has 2 aromatic rings. The first kappa shape index (κ1) is 12.6. The number of halogens is 1. The Bertz CT molecular complexity index is 529. The Morgan fingerprint density at radius 1 is 1.29 bits per heavy atom. The van der Waals surface area contributed by atoms with Crippen LogP contribution in [0.4, 0.5) is 0 Å². The lowest BCUT2D eigenvalue weighted by molar-refractivity contribution is 0.931. The van der Waals surface area contributed by atoms with Gasteiger partial charge in [-0.15, -0.1) is 11.3 Å². The summed E-state index contributed by atoms with van der Waals surface area (Å²) in [5, 5.41) is 0. The van der Waals surface area contributed by atoms with Gasteiger partial charge in [0.05, 0.1) is 0 Å². The molecule has 0 amide bonds. The summed E-state index contributed by atoms with van der Waals surface area (Å²) in [5.74, 6) is 0. The van der Waals surface area contributed by atoms with Crippen molar-refractivity contribution < 1.29 is 0 Å². The van der Waals surface area contributed by atoms with Gasteiger partial charge in [-0.3, -0.25) is 0 Å². The van der Waals surface area contributed by atoms with Crippen LogP contribution >= 0.6 is 27.3 Å². The van der Waals surface area contributed by atoms with Gasteiger partial charge in [0.25, 0.3) is 0 Å². The average molecular weight is 308 g/mol. The molecular weight excluding hydrogens is 294 g/mol. The molecule has 0 aliphatic carbocycles. The number of hydrogen-bond donors (Lipinski definition) is 1.